The van der Waals surface area contributed by atoms with Crippen LogP contribution < -0.4 is 10.1 Å². The third kappa shape index (κ3) is 3.56. The van der Waals surface area contributed by atoms with Crippen LogP contribution in [0.25, 0.3) is 22.2 Å². The van der Waals surface area contributed by atoms with Crippen molar-refractivity contribution in [1.82, 2.24) is 14.5 Å². The highest BCUT2D eigenvalue weighted by Crippen LogP contribution is 2.26. The molecule has 0 bridgehead atoms. The number of carbonyl (C=O) groups excluding carboxylic acids is 1. The van der Waals surface area contributed by atoms with Crippen LogP contribution in [0.1, 0.15) is 36.1 Å². The molecule has 5 rings (SSSR count). The summed E-state index contributed by atoms with van der Waals surface area (Å²) in [6, 6.07) is 15.5. The maximum absolute atomic E-state index is 12.8. The fourth-order valence-electron chi connectivity index (χ4n) is 3.99. The molecule has 3 heterocycles. The molecule has 152 valence electrons. The minimum atomic E-state index is -0.176. The van der Waals surface area contributed by atoms with Crippen molar-refractivity contribution >= 4 is 22.5 Å². The molecule has 6 nitrogen and oxygen atoms in total. The zero-order valence-corrected chi connectivity index (χ0v) is 16.9. The van der Waals surface area contributed by atoms with Gasteiger partial charge >= 0.3 is 0 Å². The predicted octanol–water partition coefficient (Wildman–Crippen LogP) is 5.02. The van der Waals surface area contributed by atoms with Gasteiger partial charge in [-0.1, -0.05) is 12.1 Å². The molecule has 1 amide bonds. The number of H-pyrrole nitrogens is 1. The number of hydrogen-bond acceptors (Lipinski definition) is 3. The van der Waals surface area contributed by atoms with Crippen molar-refractivity contribution in [3.8, 4) is 17.0 Å². The first-order valence-electron chi connectivity index (χ1n) is 10.4. The van der Waals surface area contributed by atoms with Gasteiger partial charge in [0.2, 0.25) is 0 Å². The molecule has 6 heteroatoms. The maximum atomic E-state index is 12.8. The third-order valence-electron chi connectivity index (χ3n) is 5.47. The minimum Gasteiger partial charge on any atom is -0.494 e. The highest BCUT2D eigenvalue weighted by atomic mass is 16.5. The lowest BCUT2D eigenvalue weighted by atomic mass is 10.1. The number of fused-ring (bicyclic) bond motifs is 2. The molecule has 0 unspecified atom stereocenters. The van der Waals surface area contributed by atoms with Gasteiger partial charge in [-0.3, -0.25) is 4.79 Å². The fourth-order valence-corrected chi connectivity index (χ4v) is 3.99. The number of amides is 1. The molecular weight excluding hydrogens is 376 g/mol. The highest BCUT2D eigenvalue weighted by Gasteiger charge is 2.15. The molecule has 2 N–H and O–H groups in total. The number of aromatic amines is 1. The zero-order valence-electron chi connectivity index (χ0n) is 16.9. The van der Waals surface area contributed by atoms with Crippen LogP contribution in [0.4, 0.5) is 5.69 Å². The Morgan fingerprint density at radius 2 is 2.13 bits per heavy atom. The molecule has 0 spiro atoms. The number of carbonyl (C=O) groups is 1. The summed E-state index contributed by atoms with van der Waals surface area (Å²) in [5, 5.41) is 3.97. The molecule has 30 heavy (non-hydrogen) atoms. The molecule has 0 radical (unpaired) electrons. The van der Waals surface area contributed by atoms with Crippen LogP contribution >= 0.6 is 0 Å². The molecule has 1 aliphatic rings. The summed E-state index contributed by atoms with van der Waals surface area (Å²) in [6.07, 6.45) is 5.55. The van der Waals surface area contributed by atoms with E-state index in [1.54, 1.807) is 0 Å². The van der Waals surface area contributed by atoms with E-state index in [1.807, 2.05) is 55.5 Å². The second kappa shape index (κ2) is 7.71. The average Bonchev–Trinajstić information content (AvgIpc) is 3.38. The number of benzene rings is 2. The van der Waals surface area contributed by atoms with Gasteiger partial charge < -0.3 is 19.6 Å². The summed E-state index contributed by atoms with van der Waals surface area (Å²) in [4.78, 5) is 20.8. The number of hydrogen-bond donors (Lipinski definition) is 2. The number of rotatable bonds is 5. The Bertz CT molecular complexity index is 1200. The Morgan fingerprint density at radius 3 is 3.00 bits per heavy atom. The van der Waals surface area contributed by atoms with Crippen LogP contribution in [0.5, 0.6) is 5.75 Å². The molecule has 0 saturated heterocycles. The van der Waals surface area contributed by atoms with Crippen molar-refractivity contribution in [3.63, 3.8) is 0 Å². The van der Waals surface area contributed by atoms with Gasteiger partial charge in [0, 0.05) is 47.4 Å². The van der Waals surface area contributed by atoms with Gasteiger partial charge in [-0.25, -0.2) is 4.98 Å². The maximum Gasteiger partial charge on any atom is 0.272 e. The Balaban J connectivity index is 1.36. The molecule has 0 fully saturated rings. The zero-order chi connectivity index (χ0) is 20.5. The molecule has 4 aromatic rings. The summed E-state index contributed by atoms with van der Waals surface area (Å²) in [5.41, 5.74) is 4.10. The largest absolute Gasteiger partial charge is 0.494 e. The van der Waals surface area contributed by atoms with Crippen LogP contribution in [0, 0.1) is 0 Å². The number of ether oxygens (including phenoxy) is 1. The lowest BCUT2D eigenvalue weighted by molar-refractivity contribution is 0.102. The second-order valence-electron chi connectivity index (χ2n) is 7.59. The molecule has 2 aromatic heterocycles. The fraction of sp³-hybridized carbons (Fsp3) is 0.250. The van der Waals surface area contributed by atoms with Gasteiger partial charge in [-0.05, 0) is 50.1 Å². The van der Waals surface area contributed by atoms with E-state index in [4.69, 9.17) is 9.72 Å². The molecule has 1 aliphatic heterocycles. The number of nitrogens with one attached hydrogen (secondary N) is 2. The van der Waals surface area contributed by atoms with Gasteiger partial charge in [0.1, 0.15) is 17.3 Å². The lowest BCUT2D eigenvalue weighted by Gasteiger charge is -2.11. The molecule has 0 aliphatic carbocycles. The van der Waals surface area contributed by atoms with Crippen LogP contribution in [-0.2, 0) is 13.0 Å². The number of nitrogens with zero attached hydrogens (tertiary/aromatic N) is 2. The van der Waals surface area contributed by atoms with Gasteiger partial charge in [0.25, 0.3) is 5.91 Å². The second-order valence-corrected chi connectivity index (χ2v) is 7.59. The molecular formula is C24H24N4O2. The normalized spacial score (nSPS) is 13.2. The summed E-state index contributed by atoms with van der Waals surface area (Å²) >= 11 is 0. The Kier molecular flexibility index (Phi) is 4.75. The van der Waals surface area contributed by atoms with Crippen LogP contribution in [0.2, 0.25) is 0 Å². The first kappa shape index (κ1) is 18.5. The summed E-state index contributed by atoms with van der Waals surface area (Å²) < 4.78 is 7.78. The van der Waals surface area contributed by atoms with Gasteiger partial charge in [0.05, 0.1) is 12.3 Å². The van der Waals surface area contributed by atoms with E-state index >= 15 is 0 Å². The Hall–Kier alpha value is -3.54. The van der Waals surface area contributed by atoms with Crippen molar-refractivity contribution in [3.05, 3.63) is 66.2 Å². The van der Waals surface area contributed by atoms with Crippen molar-refractivity contribution in [2.45, 2.75) is 32.7 Å². The molecule has 0 saturated carbocycles. The average molecular weight is 400 g/mol. The monoisotopic (exact) mass is 400 g/mol. The highest BCUT2D eigenvalue weighted by molar-refractivity contribution is 6.06. The van der Waals surface area contributed by atoms with Crippen LogP contribution in [-0.4, -0.2) is 27.0 Å². The Morgan fingerprint density at radius 1 is 1.20 bits per heavy atom. The number of imidazole rings is 1. The first-order valence-corrected chi connectivity index (χ1v) is 10.4. The first-order chi connectivity index (χ1) is 14.7. The predicted molar refractivity (Wildman–Crippen MR) is 118 cm³/mol. The van der Waals surface area contributed by atoms with E-state index in [1.165, 1.54) is 12.8 Å². The van der Waals surface area contributed by atoms with Gasteiger partial charge in [-0.2, -0.15) is 0 Å². The van der Waals surface area contributed by atoms with E-state index < -0.39 is 0 Å². The SMILES string of the molecule is CCOc1ccc2cc(C(=O)Nc3cccc(-c4cn5c(n4)CCCC5)c3)[nH]c2c1. The van der Waals surface area contributed by atoms with E-state index in [-0.39, 0.29) is 5.91 Å². The smallest absolute Gasteiger partial charge is 0.272 e. The van der Waals surface area contributed by atoms with Gasteiger partial charge in [0.15, 0.2) is 0 Å². The van der Waals surface area contributed by atoms with Crippen molar-refractivity contribution in [1.29, 1.82) is 0 Å². The van der Waals surface area contributed by atoms with E-state index in [0.717, 1.165) is 52.4 Å². The summed E-state index contributed by atoms with van der Waals surface area (Å²) in [6.45, 7) is 3.59. The van der Waals surface area contributed by atoms with Crippen molar-refractivity contribution in [2.24, 2.45) is 0 Å². The standard InChI is InChI=1S/C24H24N4O2/c1-2-30-19-10-9-17-13-21(26-20(17)14-19)24(29)25-18-7-5-6-16(12-18)22-15-28-11-4-3-8-23(28)27-22/h5-7,9-10,12-15,26H,2-4,8,11H2,1H3,(H,25,29). The summed E-state index contributed by atoms with van der Waals surface area (Å²) in [5.74, 6) is 1.76. The number of aromatic nitrogens is 3. The van der Waals surface area contributed by atoms with Crippen molar-refractivity contribution in [2.75, 3.05) is 11.9 Å². The van der Waals surface area contributed by atoms with E-state index in [0.29, 0.717) is 12.3 Å². The van der Waals surface area contributed by atoms with Crippen molar-refractivity contribution < 1.29 is 9.53 Å². The van der Waals surface area contributed by atoms with Crippen LogP contribution in [0.15, 0.2) is 54.7 Å². The van der Waals surface area contributed by atoms with Crippen LogP contribution in [0.3, 0.4) is 0 Å². The van der Waals surface area contributed by atoms with Gasteiger partial charge in [-0.15, -0.1) is 0 Å². The van der Waals surface area contributed by atoms with E-state index in [2.05, 4.69) is 21.1 Å². The molecule has 2 aromatic carbocycles. The Labute approximate surface area is 174 Å². The quantitative estimate of drug-likeness (QED) is 0.494. The summed E-state index contributed by atoms with van der Waals surface area (Å²) in [7, 11) is 0. The molecule has 0 atom stereocenters. The number of aryl methyl sites for hydroxylation is 2. The van der Waals surface area contributed by atoms with E-state index in [9.17, 15) is 4.79 Å². The lowest BCUT2D eigenvalue weighted by Crippen LogP contribution is -2.12. The minimum absolute atomic E-state index is 0.176. The topological polar surface area (TPSA) is 71.9 Å². The number of anilines is 1. The third-order valence-corrected chi connectivity index (χ3v) is 5.47.